The maximum absolute atomic E-state index is 13.2. The van der Waals surface area contributed by atoms with E-state index >= 15 is 0 Å². The summed E-state index contributed by atoms with van der Waals surface area (Å²) in [6.07, 6.45) is 2.24. The second-order valence-corrected chi connectivity index (χ2v) is 5.14. The van der Waals surface area contributed by atoms with Crippen molar-refractivity contribution in [3.63, 3.8) is 0 Å². The Balaban J connectivity index is 2.91. The molecule has 4 heteroatoms. The zero-order chi connectivity index (χ0) is 13.7. The molecule has 2 nitrogen and oxygen atoms in total. The van der Waals surface area contributed by atoms with E-state index in [4.69, 9.17) is 17.3 Å². The predicted molar refractivity (Wildman–Crippen MR) is 75.3 cm³/mol. The quantitative estimate of drug-likeness (QED) is 0.857. The fraction of sp³-hybridized carbons (Fsp3) is 0.571. The van der Waals surface area contributed by atoms with Crippen molar-refractivity contribution < 1.29 is 4.39 Å². The molecule has 0 aliphatic heterocycles. The normalized spacial score (nSPS) is 14.8. The van der Waals surface area contributed by atoms with Crippen LogP contribution in [0.5, 0.6) is 0 Å². The minimum Gasteiger partial charge on any atom is -0.329 e. The predicted octanol–water partition coefficient (Wildman–Crippen LogP) is 3.60. The SMILES string of the molecule is CCCC(C)N(C)C(CN)c1ccc(F)c(Cl)c1. The van der Waals surface area contributed by atoms with Crippen LogP contribution < -0.4 is 5.73 Å². The van der Waals surface area contributed by atoms with Crippen LogP contribution in [0.2, 0.25) is 5.02 Å². The van der Waals surface area contributed by atoms with Gasteiger partial charge in [-0.25, -0.2) is 4.39 Å². The molecule has 0 aliphatic carbocycles. The largest absolute Gasteiger partial charge is 0.329 e. The topological polar surface area (TPSA) is 29.3 Å². The number of nitrogens with two attached hydrogens (primary N) is 1. The van der Waals surface area contributed by atoms with Crippen LogP contribution in [0.1, 0.15) is 38.3 Å². The first-order valence-corrected chi connectivity index (χ1v) is 6.76. The number of halogens is 2. The average molecular weight is 273 g/mol. The van der Waals surface area contributed by atoms with Gasteiger partial charge in [0, 0.05) is 18.6 Å². The second kappa shape index (κ2) is 7.07. The van der Waals surface area contributed by atoms with Gasteiger partial charge in [0.2, 0.25) is 0 Å². The fourth-order valence-corrected chi connectivity index (χ4v) is 2.37. The molecule has 0 fully saturated rings. The molecule has 0 bridgehead atoms. The molecule has 1 aromatic carbocycles. The molecular formula is C14H22ClFN2. The van der Waals surface area contributed by atoms with Crippen molar-refractivity contribution in [2.24, 2.45) is 5.73 Å². The van der Waals surface area contributed by atoms with Crippen LogP contribution in [0.25, 0.3) is 0 Å². The fourth-order valence-electron chi connectivity index (χ4n) is 2.19. The highest BCUT2D eigenvalue weighted by molar-refractivity contribution is 6.30. The van der Waals surface area contributed by atoms with E-state index in [1.165, 1.54) is 6.07 Å². The van der Waals surface area contributed by atoms with Crippen molar-refractivity contribution in [1.82, 2.24) is 4.90 Å². The van der Waals surface area contributed by atoms with E-state index in [0.717, 1.165) is 18.4 Å². The molecule has 1 rings (SSSR count). The van der Waals surface area contributed by atoms with Crippen molar-refractivity contribution >= 4 is 11.6 Å². The van der Waals surface area contributed by atoms with E-state index in [-0.39, 0.29) is 16.9 Å². The molecule has 0 heterocycles. The third-order valence-corrected chi connectivity index (χ3v) is 3.73. The Morgan fingerprint density at radius 2 is 2.11 bits per heavy atom. The molecule has 2 atom stereocenters. The first-order valence-electron chi connectivity index (χ1n) is 6.38. The molecule has 0 saturated heterocycles. The molecule has 0 aromatic heterocycles. The smallest absolute Gasteiger partial charge is 0.141 e. The van der Waals surface area contributed by atoms with Crippen LogP contribution in [-0.4, -0.2) is 24.5 Å². The van der Waals surface area contributed by atoms with Gasteiger partial charge in [0.15, 0.2) is 0 Å². The van der Waals surface area contributed by atoms with Crippen molar-refractivity contribution in [2.45, 2.75) is 38.8 Å². The van der Waals surface area contributed by atoms with Crippen molar-refractivity contribution in [3.05, 3.63) is 34.6 Å². The van der Waals surface area contributed by atoms with Gasteiger partial charge in [0.1, 0.15) is 5.82 Å². The van der Waals surface area contributed by atoms with Crippen molar-refractivity contribution in [1.29, 1.82) is 0 Å². The van der Waals surface area contributed by atoms with Crippen LogP contribution in [0.4, 0.5) is 4.39 Å². The van der Waals surface area contributed by atoms with E-state index < -0.39 is 0 Å². The molecule has 102 valence electrons. The lowest BCUT2D eigenvalue weighted by molar-refractivity contribution is 0.179. The zero-order valence-electron chi connectivity index (χ0n) is 11.3. The first kappa shape index (κ1) is 15.4. The number of benzene rings is 1. The van der Waals surface area contributed by atoms with Gasteiger partial charge in [-0.05, 0) is 38.1 Å². The Hall–Kier alpha value is -0.640. The summed E-state index contributed by atoms with van der Waals surface area (Å²) in [7, 11) is 2.05. The van der Waals surface area contributed by atoms with Crippen molar-refractivity contribution in [2.75, 3.05) is 13.6 Å². The Kier molecular flexibility index (Phi) is 6.06. The summed E-state index contributed by atoms with van der Waals surface area (Å²) in [4.78, 5) is 2.23. The summed E-state index contributed by atoms with van der Waals surface area (Å²) in [5.41, 5.74) is 6.82. The minimum atomic E-state index is -0.388. The van der Waals surface area contributed by atoms with Gasteiger partial charge in [0.25, 0.3) is 0 Å². The van der Waals surface area contributed by atoms with Gasteiger partial charge >= 0.3 is 0 Å². The van der Waals surface area contributed by atoms with E-state index in [1.54, 1.807) is 12.1 Å². The maximum atomic E-state index is 13.2. The third-order valence-electron chi connectivity index (χ3n) is 3.45. The molecule has 0 amide bonds. The van der Waals surface area contributed by atoms with Crippen LogP contribution >= 0.6 is 11.6 Å². The summed E-state index contributed by atoms with van der Waals surface area (Å²) in [6, 6.07) is 5.34. The highest BCUT2D eigenvalue weighted by atomic mass is 35.5. The molecule has 18 heavy (non-hydrogen) atoms. The monoisotopic (exact) mass is 272 g/mol. The Morgan fingerprint density at radius 1 is 1.44 bits per heavy atom. The van der Waals surface area contributed by atoms with E-state index in [0.29, 0.717) is 12.6 Å². The summed E-state index contributed by atoms with van der Waals surface area (Å²) in [5.74, 6) is -0.388. The molecule has 0 saturated carbocycles. The molecule has 0 spiro atoms. The van der Waals surface area contributed by atoms with Gasteiger partial charge in [-0.15, -0.1) is 0 Å². The Bertz CT molecular complexity index is 384. The first-order chi connectivity index (χ1) is 8.51. The van der Waals surface area contributed by atoms with Crippen LogP contribution in [-0.2, 0) is 0 Å². The van der Waals surface area contributed by atoms with Gasteiger partial charge in [0.05, 0.1) is 5.02 Å². The lowest BCUT2D eigenvalue weighted by atomic mass is 10.0. The summed E-state index contributed by atoms with van der Waals surface area (Å²) in [6.45, 7) is 4.83. The van der Waals surface area contributed by atoms with Gasteiger partial charge in [-0.3, -0.25) is 4.90 Å². The van der Waals surface area contributed by atoms with Crippen LogP contribution in [0.3, 0.4) is 0 Å². The highest BCUT2D eigenvalue weighted by Gasteiger charge is 2.20. The number of nitrogens with zero attached hydrogens (tertiary/aromatic N) is 1. The second-order valence-electron chi connectivity index (χ2n) is 4.73. The number of hydrogen-bond donors (Lipinski definition) is 1. The molecule has 0 aliphatic rings. The molecule has 2 unspecified atom stereocenters. The van der Waals surface area contributed by atoms with Gasteiger partial charge < -0.3 is 5.73 Å². The molecular weight excluding hydrogens is 251 g/mol. The summed E-state index contributed by atoms with van der Waals surface area (Å²) in [5, 5.41) is 0.155. The van der Waals surface area contributed by atoms with E-state index in [1.807, 2.05) is 0 Å². The molecule has 2 N–H and O–H groups in total. The standard InChI is InChI=1S/C14H22ClFN2/c1-4-5-10(2)18(3)14(9-17)11-6-7-13(16)12(15)8-11/h6-8,10,14H,4-5,9,17H2,1-3H3. The van der Waals surface area contributed by atoms with E-state index in [9.17, 15) is 4.39 Å². The van der Waals surface area contributed by atoms with Crippen molar-refractivity contribution in [3.8, 4) is 0 Å². The molecule has 0 radical (unpaired) electrons. The Labute approximate surface area is 114 Å². The number of hydrogen-bond acceptors (Lipinski definition) is 2. The number of rotatable bonds is 6. The number of likely N-dealkylation sites (N-methyl/N-ethyl adjacent to an activating group) is 1. The van der Waals surface area contributed by atoms with Gasteiger partial charge in [-0.1, -0.05) is 31.0 Å². The molecule has 1 aromatic rings. The lowest BCUT2D eigenvalue weighted by Gasteiger charge is -2.32. The highest BCUT2D eigenvalue weighted by Crippen LogP contribution is 2.25. The summed E-state index contributed by atoms with van der Waals surface area (Å²) < 4.78 is 13.2. The van der Waals surface area contributed by atoms with Gasteiger partial charge in [-0.2, -0.15) is 0 Å². The third kappa shape index (κ3) is 3.67. The summed E-state index contributed by atoms with van der Waals surface area (Å²) >= 11 is 5.83. The lowest BCUT2D eigenvalue weighted by Crippen LogP contribution is -2.37. The Morgan fingerprint density at radius 3 is 2.61 bits per heavy atom. The van der Waals surface area contributed by atoms with Crippen LogP contribution in [0.15, 0.2) is 18.2 Å². The minimum absolute atomic E-state index is 0.0737. The zero-order valence-corrected chi connectivity index (χ0v) is 12.0. The average Bonchev–Trinajstić information content (AvgIpc) is 2.34. The maximum Gasteiger partial charge on any atom is 0.141 e. The van der Waals surface area contributed by atoms with E-state index in [2.05, 4.69) is 25.8 Å². The van der Waals surface area contributed by atoms with Crippen LogP contribution in [0, 0.1) is 5.82 Å².